The van der Waals surface area contributed by atoms with Gasteiger partial charge in [-0.15, -0.1) is 0 Å². The molecule has 0 radical (unpaired) electrons. The second kappa shape index (κ2) is 7.70. The van der Waals surface area contributed by atoms with E-state index in [1.165, 1.54) is 22.3 Å². The van der Waals surface area contributed by atoms with Crippen molar-refractivity contribution in [1.29, 1.82) is 0 Å². The molecule has 0 amide bonds. The summed E-state index contributed by atoms with van der Waals surface area (Å²) in [4.78, 5) is 0. The zero-order valence-electron chi connectivity index (χ0n) is 16.6. The van der Waals surface area contributed by atoms with Crippen molar-refractivity contribution in [3.8, 4) is 0 Å². The standard InChI is InChI=1S/C23H34O/c1-16(2)13-19-10-11-21(18(5)22(19)14-17(3)4)20-9-8-12-23(6,15-20)24-7/h8-11,15-17H,12-14H2,1-7H3. The summed E-state index contributed by atoms with van der Waals surface area (Å²) in [5.74, 6) is 1.36. The van der Waals surface area contributed by atoms with Crippen molar-refractivity contribution < 1.29 is 4.74 Å². The topological polar surface area (TPSA) is 9.23 Å². The number of methoxy groups -OCH3 is 1. The fraction of sp³-hybridized carbons (Fsp3) is 0.565. The second-order valence-electron chi connectivity index (χ2n) is 8.29. The van der Waals surface area contributed by atoms with Crippen molar-refractivity contribution >= 4 is 5.57 Å². The van der Waals surface area contributed by atoms with Crippen molar-refractivity contribution in [1.82, 2.24) is 0 Å². The molecule has 1 aliphatic carbocycles. The molecular weight excluding hydrogens is 292 g/mol. The van der Waals surface area contributed by atoms with E-state index in [2.05, 4.69) is 71.9 Å². The largest absolute Gasteiger partial charge is 0.374 e. The monoisotopic (exact) mass is 326 g/mol. The molecule has 24 heavy (non-hydrogen) atoms. The summed E-state index contributed by atoms with van der Waals surface area (Å²) >= 11 is 0. The minimum absolute atomic E-state index is 0.189. The Kier molecular flexibility index (Phi) is 6.09. The van der Waals surface area contributed by atoms with Crippen LogP contribution in [0.4, 0.5) is 0 Å². The van der Waals surface area contributed by atoms with Gasteiger partial charge in [-0.25, -0.2) is 0 Å². The maximum atomic E-state index is 5.71. The molecule has 0 aliphatic heterocycles. The van der Waals surface area contributed by atoms with Crippen LogP contribution in [0, 0.1) is 18.8 Å². The predicted octanol–water partition coefficient (Wildman–Crippen LogP) is 6.14. The highest BCUT2D eigenvalue weighted by atomic mass is 16.5. The maximum absolute atomic E-state index is 5.71. The molecule has 1 aliphatic rings. The Labute approximate surface area is 148 Å². The van der Waals surface area contributed by atoms with Gasteiger partial charge in [-0.3, -0.25) is 0 Å². The van der Waals surface area contributed by atoms with Crippen LogP contribution in [0.3, 0.4) is 0 Å². The summed E-state index contributed by atoms with van der Waals surface area (Å²) in [6.07, 6.45) is 10.0. The van der Waals surface area contributed by atoms with Crippen molar-refractivity contribution in [2.24, 2.45) is 11.8 Å². The third-order valence-corrected chi connectivity index (χ3v) is 4.99. The van der Waals surface area contributed by atoms with E-state index in [4.69, 9.17) is 4.74 Å². The lowest BCUT2D eigenvalue weighted by molar-refractivity contribution is 0.0511. The summed E-state index contributed by atoms with van der Waals surface area (Å²) in [6, 6.07) is 4.67. The Bertz CT molecular complexity index is 634. The highest BCUT2D eigenvalue weighted by Gasteiger charge is 2.24. The first kappa shape index (κ1) is 19.0. The number of ether oxygens (including phenoxy) is 1. The summed E-state index contributed by atoms with van der Waals surface area (Å²) < 4.78 is 5.71. The van der Waals surface area contributed by atoms with Gasteiger partial charge in [-0.2, -0.15) is 0 Å². The average molecular weight is 327 g/mol. The van der Waals surface area contributed by atoms with Crippen molar-refractivity contribution in [3.63, 3.8) is 0 Å². The first-order valence-corrected chi connectivity index (χ1v) is 9.32. The predicted molar refractivity (Wildman–Crippen MR) is 105 cm³/mol. The summed E-state index contributed by atoms with van der Waals surface area (Å²) in [6.45, 7) is 13.7. The van der Waals surface area contributed by atoms with Gasteiger partial charge in [0, 0.05) is 7.11 Å². The second-order valence-corrected chi connectivity index (χ2v) is 8.29. The highest BCUT2D eigenvalue weighted by Crippen LogP contribution is 2.34. The van der Waals surface area contributed by atoms with E-state index < -0.39 is 0 Å². The molecule has 1 aromatic rings. The van der Waals surface area contributed by atoms with E-state index in [9.17, 15) is 0 Å². The lowest BCUT2D eigenvalue weighted by atomic mass is 9.83. The third kappa shape index (κ3) is 4.39. The van der Waals surface area contributed by atoms with Crippen LogP contribution in [0.25, 0.3) is 5.57 Å². The van der Waals surface area contributed by atoms with Crippen LogP contribution in [0.5, 0.6) is 0 Å². The molecule has 1 unspecified atom stereocenters. The van der Waals surface area contributed by atoms with E-state index in [1.54, 1.807) is 12.7 Å². The minimum Gasteiger partial charge on any atom is -0.374 e. The van der Waals surface area contributed by atoms with Crippen LogP contribution >= 0.6 is 0 Å². The molecule has 0 saturated heterocycles. The van der Waals surface area contributed by atoms with Crippen LogP contribution in [-0.4, -0.2) is 12.7 Å². The molecule has 1 heteroatoms. The SMILES string of the molecule is COC1(C)C=C(c2ccc(CC(C)C)c(CC(C)C)c2C)C=CC1. The van der Waals surface area contributed by atoms with E-state index in [0.29, 0.717) is 11.8 Å². The van der Waals surface area contributed by atoms with Gasteiger partial charge >= 0.3 is 0 Å². The smallest absolute Gasteiger partial charge is 0.0873 e. The number of hydrogen-bond acceptors (Lipinski definition) is 1. The Hall–Kier alpha value is -1.34. The Balaban J connectivity index is 2.50. The highest BCUT2D eigenvalue weighted by molar-refractivity contribution is 5.78. The maximum Gasteiger partial charge on any atom is 0.0873 e. The van der Waals surface area contributed by atoms with Gasteiger partial charge in [0.05, 0.1) is 5.60 Å². The van der Waals surface area contributed by atoms with E-state index in [0.717, 1.165) is 19.3 Å². The van der Waals surface area contributed by atoms with Crippen LogP contribution < -0.4 is 0 Å². The molecule has 0 bridgehead atoms. The fourth-order valence-corrected chi connectivity index (χ4v) is 3.61. The van der Waals surface area contributed by atoms with E-state index >= 15 is 0 Å². The van der Waals surface area contributed by atoms with Crippen LogP contribution in [0.1, 0.15) is 63.3 Å². The normalized spacial score (nSPS) is 20.8. The van der Waals surface area contributed by atoms with Crippen LogP contribution in [0.2, 0.25) is 0 Å². The Morgan fingerprint density at radius 2 is 1.75 bits per heavy atom. The number of hydrogen-bond donors (Lipinski definition) is 0. The first-order valence-electron chi connectivity index (χ1n) is 9.32. The van der Waals surface area contributed by atoms with Gasteiger partial charge < -0.3 is 4.74 Å². The minimum atomic E-state index is -0.189. The number of rotatable bonds is 6. The molecule has 1 nitrogen and oxygen atoms in total. The van der Waals surface area contributed by atoms with E-state index in [1.807, 2.05) is 0 Å². The summed E-state index contributed by atoms with van der Waals surface area (Å²) in [5, 5.41) is 0. The fourth-order valence-electron chi connectivity index (χ4n) is 3.61. The third-order valence-electron chi connectivity index (χ3n) is 4.99. The molecule has 0 saturated carbocycles. The summed E-state index contributed by atoms with van der Waals surface area (Å²) in [7, 11) is 1.80. The quantitative estimate of drug-likeness (QED) is 0.610. The Morgan fingerprint density at radius 1 is 1.08 bits per heavy atom. The summed E-state index contributed by atoms with van der Waals surface area (Å²) in [5.41, 5.74) is 6.98. The van der Waals surface area contributed by atoms with Gasteiger partial charge in [0.25, 0.3) is 0 Å². The van der Waals surface area contributed by atoms with Crippen molar-refractivity contribution in [2.75, 3.05) is 7.11 Å². The number of allylic oxidation sites excluding steroid dienone is 2. The molecule has 0 fully saturated rings. The average Bonchev–Trinajstić information content (AvgIpc) is 2.50. The molecule has 0 aromatic heterocycles. The van der Waals surface area contributed by atoms with E-state index in [-0.39, 0.29) is 5.60 Å². The molecule has 1 aromatic carbocycles. The molecule has 0 heterocycles. The molecule has 0 spiro atoms. The number of benzene rings is 1. The van der Waals surface area contributed by atoms with Crippen LogP contribution in [0.15, 0.2) is 30.4 Å². The molecule has 1 atom stereocenters. The van der Waals surface area contributed by atoms with Crippen molar-refractivity contribution in [2.45, 2.75) is 66.4 Å². The lowest BCUT2D eigenvalue weighted by Crippen LogP contribution is -2.25. The zero-order chi connectivity index (χ0) is 17.9. The van der Waals surface area contributed by atoms with Gasteiger partial charge in [-0.05, 0) is 78.8 Å². The van der Waals surface area contributed by atoms with Gasteiger partial charge in [-0.1, -0.05) is 52.0 Å². The van der Waals surface area contributed by atoms with Gasteiger partial charge in [0.15, 0.2) is 0 Å². The first-order chi connectivity index (χ1) is 11.3. The molecular formula is C23H34O. The zero-order valence-corrected chi connectivity index (χ0v) is 16.6. The van der Waals surface area contributed by atoms with Crippen molar-refractivity contribution in [3.05, 3.63) is 52.6 Å². The lowest BCUT2D eigenvalue weighted by Gasteiger charge is -2.28. The molecule has 2 rings (SSSR count). The van der Waals surface area contributed by atoms with Gasteiger partial charge in [0.1, 0.15) is 0 Å². The molecule has 0 N–H and O–H groups in total. The van der Waals surface area contributed by atoms with Crippen LogP contribution in [-0.2, 0) is 17.6 Å². The Morgan fingerprint density at radius 3 is 2.33 bits per heavy atom. The van der Waals surface area contributed by atoms with Gasteiger partial charge in [0.2, 0.25) is 0 Å². The molecule has 132 valence electrons.